The average molecular weight is 323 g/mol. The molecular formula is C14H13NO4S2. The van der Waals surface area contributed by atoms with Crippen molar-refractivity contribution in [2.75, 3.05) is 13.2 Å². The molecule has 0 aromatic heterocycles. The van der Waals surface area contributed by atoms with Crippen LogP contribution in [-0.4, -0.2) is 39.4 Å². The van der Waals surface area contributed by atoms with Gasteiger partial charge in [-0.25, -0.2) is 4.79 Å². The highest BCUT2D eigenvalue weighted by molar-refractivity contribution is 8.26. The summed E-state index contributed by atoms with van der Waals surface area (Å²) in [4.78, 5) is 24.7. The summed E-state index contributed by atoms with van der Waals surface area (Å²) in [5, 5.41) is 8.59. The number of thiocarbonyl (C=S) groups is 1. The van der Waals surface area contributed by atoms with E-state index < -0.39 is 12.6 Å². The summed E-state index contributed by atoms with van der Waals surface area (Å²) in [7, 11) is 0. The van der Waals surface area contributed by atoms with Crippen LogP contribution < -0.4 is 4.74 Å². The number of thioether (sulfide) groups is 1. The Bertz CT molecular complexity index is 627. The molecule has 0 unspecified atom stereocenters. The minimum Gasteiger partial charge on any atom is -0.482 e. The number of hydrogen-bond acceptors (Lipinski definition) is 5. The zero-order valence-electron chi connectivity index (χ0n) is 11.2. The van der Waals surface area contributed by atoms with Gasteiger partial charge >= 0.3 is 5.97 Å². The fraction of sp³-hybridized carbons (Fsp3) is 0.214. The van der Waals surface area contributed by atoms with Crippen molar-refractivity contribution in [3.63, 3.8) is 0 Å². The molecule has 0 saturated carbocycles. The number of carbonyl (C=O) groups excluding carboxylic acids is 1. The van der Waals surface area contributed by atoms with E-state index in [1.807, 2.05) is 13.0 Å². The molecule has 1 aromatic carbocycles. The molecule has 0 radical (unpaired) electrons. The number of likely N-dealkylation sites (N-methyl/N-ethyl adjacent to an activating group) is 1. The van der Waals surface area contributed by atoms with Gasteiger partial charge in [0.15, 0.2) is 6.61 Å². The number of ether oxygens (including phenoxy) is 1. The van der Waals surface area contributed by atoms with Crippen molar-refractivity contribution in [1.29, 1.82) is 0 Å². The quantitative estimate of drug-likeness (QED) is 0.663. The van der Waals surface area contributed by atoms with Crippen molar-refractivity contribution < 1.29 is 19.4 Å². The van der Waals surface area contributed by atoms with Crippen molar-refractivity contribution in [3.8, 4) is 5.75 Å². The molecule has 21 heavy (non-hydrogen) atoms. The van der Waals surface area contributed by atoms with E-state index in [0.29, 0.717) is 21.5 Å². The van der Waals surface area contributed by atoms with Crippen molar-refractivity contribution in [2.24, 2.45) is 0 Å². The molecule has 110 valence electrons. The third kappa shape index (κ3) is 3.83. The number of nitrogens with zero attached hydrogens (tertiary/aromatic N) is 1. The smallest absolute Gasteiger partial charge is 0.341 e. The van der Waals surface area contributed by atoms with Crippen LogP contribution in [0.5, 0.6) is 5.75 Å². The van der Waals surface area contributed by atoms with Gasteiger partial charge in [-0.15, -0.1) is 0 Å². The average Bonchev–Trinajstić information content (AvgIpc) is 2.71. The highest BCUT2D eigenvalue weighted by Gasteiger charge is 2.30. The van der Waals surface area contributed by atoms with Crippen molar-refractivity contribution >= 4 is 46.3 Å². The first-order valence-electron chi connectivity index (χ1n) is 6.21. The Morgan fingerprint density at radius 1 is 1.52 bits per heavy atom. The third-order valence-electron chi connectivity index (χ3n) is 2.71. The molecule has 1 fully saturated rings. The second-order valence-electron chi connectivity index (χ2n) is 4.18. The SMILES string of the molecule is CCN1C(=O)/C(=C\c2cccc(OCC(=O)O)c2)SC1=S. The molecule has 1 aliphatic heterocycles. The van der Waals surface area contributed by atoms with E-state index >= 15 is 0 Å². The summed E-state index contributed by atoms with van der Waals surface area (Å²) in [5.41, 5.74) is 0.759. The fourth-order valence-corrected chi connectivity index (χ4v) is 3.15. The van der Waals surface area contributed by atoms with Gasteiger partial charge in [-0.1, -0.05) is 36.1 Å². The standard InChI is InChI=1S/C14H13NO4S2/c1-2-15-13(18)11(21-14(15)20)7-9-4-3-5-10(6-9)19-8-12(16)17/h3-7H,2,8H2,1H3,(H,16,17)/b11-7+. The Labute approximate surface area is 131 Å². The zero-order chi connectivity index (χ0) is 15.4. The van der Waals surface area contributed by atoms with Gasteiger partial charge in [0.2, 0.25) is 0 Å². The second kappa shape index (κ2) is 6.73. The van der Waals surface area contributed by atoms with Gasteiger partial charge < -0.3 is 9.84 Å². The first-order chi connectivity index (χ1) is 10.0. The summed E-state index contributed by atoms with van der Waals surface area (Å²) in [6.07, 6.45) is 1.72. The van der Waals surface area contributed by atoms with E-state index in [-0.39, 0.29) is 5.91 Å². The van der Waals surface area contributed by atoms with E-state index in [0.717, 1.165) is 5.56 Å². The molecule has 1 N–H and O–H groups in total. The summed E-state index contributed by atoms with van der Waals surface area (Å²) < 4.78 is 5.65. The van der Waals surface area contributed by atoms with Crippen LogP contribution in [0.15, 0.2) is 29.2 Å². The molecule has 0 atom stereocenters. The van der Waals surface area contributed by atoms with Crippen LogP contribution in [-0.2, 0) is 9.59 Å². The molecule has 0 bridgehead atoms. The van der Waals surface area contributed by atoms with Crippen LogP contribution >= 0.6 is 24.0 Å². The third-order valence-corrected chi connectivity index (χ3v) is 4.09. The van der Waals surface area contributed by atoms with Crippen molar-refractivity contribution in [1.82, 2.24) is 4.90 Å². The fourth-order valence-electron chi connectivity index (χ4n) is 1.76. The summed E-state index contributed by atoms with van der Waals surface area (Å²) in [6.45, 7) is 2.01. The Kier molecular flexibility index (Phi) is 4.98. The first-order valence-corrected chi connectivity index (χ1v) is 7.43. The highest BCUT2D eigenvalue weighted by atomic mass is 32.2. The second-order valence-corrected chi connectivity index (χ2v) is 5.86. The molecule has 5 nitrogen and oxygen atoms in total. The maximum atomic E-state index is 12.1. The lowest BCUT2D eigenvalue weighted by Gasteiger charge is -2.09. The lowest BCUT2D eigenvalue weighted by Crippen LogP contribution is -2.27. The van der Waals surface area contributed by atoms with E-state index in [4.69, 9.17) is 22.1 Å². The Morgan fingerprint density at radius 2 is 2.29 bits per heavy atom. The Balaban J connectivity index is 2.18. The minimum atomic E-state index is -1.04. The maximum Gasteiger partial charge on any atom is 0.341 e. The van der Waals surface area contributed by atoms with Crippen LogP contribution in [0.1, 0.15) is 12.5 Å². The van der Waals surface area contributed by atoms with E-state index in [2.05, 4.69) is 0 Å². The van der Waals surface area contributed by atoms with Crippen LogP contribution in [0.2, 0.25) is 0 Å². The van der Waals surface area contributed by atoms with Gasteiger partial charge in [-0.05, 0) is 30.7 Å². The molecule has 7 heteroatoms. The van der Waals surface area contributed by atoms with Crippen LogP contribution in [0.4, 0.5) is 0 Å². The molecule has 2 rings (SSSR count). The molecule has 1 amide bonds. The van der Waals surface area contributed by atoms with Gasteiger partial charge in [0, 0.05) is 6.54 Å². The number of carboxylic acid groups (broad SMARTS) is 1. The first kappa shape index (κ1) is 15.5. The van der Waals surface area contributed by atoms with Crippen LogP contribution in [0, 0.1) is 0 Å². The molecule has 0 aliphatic carbocycles. The Hall–Kier alpha value is -1.86. The molecular weight excluding hydrogens is 310 g/mol. The molecule has 0 spiro atoms. The van der Waals surface area contributed by atoms with E-state index in [9.17, 15) is 9.59 Å². The van der Waals surface area contributed by atoms with Gasteiger partial charge in [0.1, 0.15) is 10.1 Å². The van der Waals surface area contributed by atoms with E-state index in [1.165, 1.54) is 16.7 Å². The maximum absolute atomic E-state index is 12.1. The lowest BCUT2D eigenvalue weighted by molar-refractivity contribution is -0.139. The summed E-state index contributed by atoms with van der Waals surface area (Å²) in [5.74, 6) is -0.703. The number of rotatable bonds is 5. The van der Waals surface area contributed by atoms with Crippen molar-refractivity contribution in [3.05, 3.63) is 34.7 Å². The minimum absolute atomic E-state index is 0.107. The van der Waals surface area contributed by atoms with Gasteiger partial charge in [0.25, 0.3) is 5.91 Å². The lowest BCUT2D eigenvalue weighted by atomic mass is 10.2. The number of carboxylic acids is 1. The zero-order valence-corrected chi connectivity index (χ0v) is 12.9. The van der Waals surface area contributed by atoms with Gasteiger partial charge in [-0.2, -0.15) is 0 Å². The molecule has 1 aromatic rings. The predicted octanol–water partition coefficient (Wildman–Crippen LogP) is 2.37. The van der Waals surface area contributed by atoms with Gasteiger partial charge in [-0.3, -0.25) is 9.69 Å². The van der Waals surface area contributed by atoms with E-state index in [1.54, 1.807) is 24.3 Å². The number of aliphatic carboxylic acids is 1. The topological polar surface area (TPSA) is 66.8 Å². The van der Waals surface area contributed by atoms with Crippen LogP contribution in [0.25, 0.3) is 6.08 Å². The Morgan fingerprint density at radius 3 is 2.90 bits per heavy atom. The monoisotopic (exact) mass is 323 g/mol. The normalized spacial score (nSPS) is 16.6. The summed E-state index contributed by atoms with van der Waals surface area (Å²) >= 11 is 6.40. The number of carbonyl (C=O) groups is 2. The number of amides is 1. The number of hydrogen-bond donors (Lipinski definition) is 1. The summed E-state index contributed by atoms with van der Waals surface area (Å²) in [6, 6.07) is 6.90. The van der Waals surface area contributed by atoms with Crippen molar-refractivity contribution in [2.45, 2.75) is 6.92 Å². The van der Waals surface area contributed by atoms with Crippen LogP contribution in [0.3, 0.4) is 0 Å². The molecule has 1 aliphatic rings. The largest absolute Gasteiger partial charge is 0.482 e. The molecule has 1 heterocycles. The predicted molar refractivity (Wildman–Crippen MR) is 85.1 cm³/mol. The molecule has 1 saturated heterocycles. The van der Waals surface area contributed by atoms with Gasteiger partial charge in [0.05, 0.1) is 4.91 Å². The number of benzene rings is 1. The highest BCUT2D eigenvalue weighted by Crippen LogP contribution is 2.32.